The molecule has 2 aromatic carbocycles. The highest BCUT2D eigenvalue weighted by Gasteiger charge is 2.32. The number of ether oxygens (including phenoxy) is 2. The van der Waals surface area contributed by atoms with E-state index in [1.165, 1.54) is 25.3 Å². The molecule has 0 aliphatic heterocycles. The van der Waals surface area contributed by atoms with E-state index in [0.29, 0.717) is 17.9 Å². The van der Waals surface area contributed by atoms with E-state index in [-0.39, 0.29) is 17.2 Å². The third-order valence-corrected chi connectivity index (χ3v) is 3.12. The van der Waals surface area contributed by atoms with Gasteiger partial charge in [0.05, 0.1) is 18.2 Å². The summed E-state index contributed by atoms with van der Waals surface area (Å²) in [4.78, 5) is 22.2. The summed E-state index contributed by atoms with van der Waals surface area (Å²) in [6.45, 7) is 0. The van der Waals surface area contributed by atoms with Crippen molar-refractivity contribution in [3.63, 3.8) is 0 Å². The molecule has 0 aliphatic carbocycles. The lowest BCUT2D eigenvalue weighted by atomic mass is 10.1. The minimum Gasteiger partial charge on any atom is -0.493 e. The quantitative estimate of drug-likeness (QED) is 0.847. The second kappa shape index (κ2) is 6.61. The zero-order chi connectivity index (χ0) is 17.9. The van der Waals surface area contributed by atoms with E-state index >= 15 is 0 Å². The van der Waals surface area contributed by atoms with Crippen molar-refractivity contribution in [3.8, 4) is 17.2 Å². The topological polar surface area (TPSA) is 78.6 Å². The first kappa shape index (κ1) is 17.3. The van der Waals surface area contributed by atoms with Crippen LogP contribution >= 0.6 is 0 Å². The summed E-state index contributed by atoms with van der Waals surface area (Å²) in [6, 6.07) is 6.59. The van der Waals surface area contributed by atoms with Crippen LogP contribution in [0.15, 0.2) is 36.4 Å². The third kappa shape index (κ3) is 3.65. The van der Waals surface area contributed by atoms with Gasteiger partial charge in [-0.3, -0.25) is 9.59 Å². The zero-order valence-corrected chi connectivity index (χ0v) is 12.4. The Balaban J connectivity index is 2.46. The summed E-state index contributed by atoms with van der Waals surface area (Å²) in [6.07, 6.45) is -4.02. The molecule has 2 aromatic rings. The van der Waals surface area contributed by atoms with E-state index in [2.05, 4.69) is 0 Å². The molecule has 2 N–H and O–H groups in total. The summed E-state index contributed by atoms with van der Waals surface area (Å²) >= 11 is 0. The number of amides is 1. The molecule has 0 fully saturated rings. The molecule has 0 radical (unpaired) electrons. The van der Waals surface area contributed by atoms with Crippen molar-refractivity contribution in [3.05, 3.63) is 53.1 Å². The molecular weight excluding hydrogens is 327 g/mol. The Bertz CT molecular complexity index is 787. The number of carbonyl (C=O) groups is 2. The van der Waals surface area contributed by atoms with Crippen molar-refractivity contribution in [1.29, 1.82) is 0 Å². The van der Waals surface area contributed by atoms with Crippen LogP contribution in [-0.4, -0.2) is 19.3 Å². The number of hydrogen-bond donors (Lipinski definition) is 1. The fourth-order valence-corrected chi connectivity index (χ4v) is 1.95. The minimum atomic E-state index is -4.62. The highest BCUT2D eigenvalue weighted by molar-refractivity contribution is 5.96. The fraction of sp³-hybridized carbons (Fsp3) is 0.125. The molecule has 0 aliphatic rings. The van der Waals surface area contributed by atoms with Gasteiger partial charge < -0.3 is 15.2 Å². The highest BCUT2D eigenvalue weighted by atomic mass is 19.4. The predicted molar refractivity (Wildman–Crippen MR) is 78.4 cm³/mol. The lowest BCUT2D eigenvalue weighted by Gasteiger charge is -2.14. The fourth-order valence-electron chi connectivity index (χ4n) is 1.95. The molecule has 0 atom stereocenters. The number of hydrogen-bond acceptors (Lipinski definition) is 4. The summed E-state index contributed by atoms with van der Waals surface area (Å²) < 4.78 is 48.7. The van der Waals surface area contributed by atoms with Crippen LogP contribution in [0.25, 0.3) is 0 Å². The van der Waals surface area contributed by atoms with Crippen molar-refractivity contribution >= 4 is 12.2 Å². The van der Waals surface area contributed by atoms with Crippen LogP contribution in [0.3, 0.4) is 0 Å². The van der Waals surface area contributed by atoms with Gasteiger partial charge in [0.2, 0.25) is 0 Å². The molecule has 0 aromatic heterocycles. The van der Waals surface area contributed by atoms with Gasteiger partial charge in [0.15, 0.2) is 11.5 Å². The van der Waals surface area contributed by atoms with E-state index in [9.17, 15) is 22.8 Å². The second-order valence-electron chi connectivity index (χ2n) is 4.70. The first-order valence-electron chi connectivity index (χ1n) is 6.58. The lowest BCUT2D eigenvalue weighted by molar-refractivity contribution is -0.137. The van der Waals surface area contributed by atoms with E-state index in [1.807, 2.05) is 0 Å². The standard InChI is InChI=1S/C16H12F3NO4/c1-23-14-6-9(8-21)2-4-13(14)24-12-5-3-10(16(17,18)19)7-11(12)15(20)22/h2-8H,1H3,(H2,20,22). The van der Waals surface area contributed by atoms with Gasteiger partial charge in [-0.25, -0.2) is 0 Å². The van der Waals surface area contributed by atoms with Crippen molar-refractivity contribution in [2.45, 2.75) is 6.18 Å². The van der Waals surface area contributed by atoms with Gasteiger partial charge in [-0.15, -0.1) is 0 Å². The maximum Gasteiger partial charge on any atom is 0.416 e. The number of methoxy groups -OCH3 is 1. The van der Waals surface area contributed by atoms with Crippen LogP contribution in [0.5, 0.6) is 17.2 Å². The van der Waals surface area contributed by atoms with Gasteiger partial charge in [0, 0.05) is 5.56 Å². The number of halogens is 3. The van der Waals surface area contributed by atoms with E-state index in [4.69, 9.17) is 15.2 Å². The number of aldehydes is 1. The van der Waals surface area contributed by atoms with Gasteiger partial charge in [-0.1, -0.05) is 0 Å². The van der Waals surface area contributed by atoms with Crippen molar-refractivity contribution < 1.29 is 32.2 Å². The van der Waals surface area contributed by atoms with Crippen LogP contribution in [0.1, 0.15) is 26.3 Å². The van der Waals surface area contributed by atoms with Gasteiger partial charge in [0.1, 0.15) is 12.0 Å². The number of carbonyl (C=O) groups excluding carboxylic acids is 2. The average molecular weight is 339 g/mol. The molecule has 24 heavy (non-hydrogen) atoms. The number of rotatable bonds is 5. The second-order valence-corrected chi connectivity index (χ2v) is 4.70. The Morgan fingerprint density at radius 1 is 1.08 bits per heavy atom. The van der Waals surface area contributed by atoms with E-state index in [1.54, 1.807) is 0 Å². The Hall–Kier alpha value is -3.03. The monoisotopic (exact) mass is 339 g/mol. The SMILES string of the molecule is COc1cc(C=O)ccc1Oc1ccc(C(F)(F)F)cc1C(N)=O. The van der Waals surface area contributed by atoms with Gasteiger partial charge in [-0.2, -0.15) is 13.2 Å². The molecular formula is C16H12F3NO4. The Kier molecular flexibility index (Phi) is 4.77. The number of alkyl halides is 3. The van der Waals surface area contributed by atoms with Crippen LogP contribution in [0.4, 0.5) is 13.2 Å². The van der Waals surface area contributed by atoms with Crippen LogP contribution in [0.2, 0.25) is 0 Å². The molecule has 0 saturated carbocycles. The van der Waals surface area contributed by atoms with Gasteiger partial charge in [0.25, 0.3) is 5.91 Å². The van der Waals surface area contributed by atoms with Crippen LogP contribution in [0, 0.1) is 0 Å². The first-order chi connectivity index (χ1) is 11.3. The van der Waals surface area contributed by atoms with E-state index < -0.39 is 23.2 Å². The maximum absolute atomic E-state index is 12.7. The molecule has 2 rings (SSSR count). The normalized spacial score (nSPS) is 11.0. The Morgan fingerprint density at radius 2 is 1.75 bits per heavy atom. The molecule has 1 amide bonds. The third-order valence-electron chi connectivity index (χ3n) is 3.12. The van der Waals surface area contributed by atoms with Gasteiger partial charge >= 0.3 is 6.18 Å². The molecule has 8 heteroatoms. The van der Waals surface area contributed by atoms with Crippen LogP contribution in [-0.2, 0) is 6.18 Å². The highest BCUT2D eigenvalue weighted by Crippen LogP contribution is 2.36. The first-order valence-corrected chi connectivity index (χ1v) is 6.58. The molecule has 0 unspecified atom stereocenters. The minimum absolute atomic E-state index is 0.116. The molecule has 0 saturated heterocycles. The van der Waals surface area contributed by atoms with Crippen molar-refractivity contribution in [1.82, 2.24) is 0 Å². The zero-order valence-electron chi connectivity index (χ0n) is 12.4. The van der Waals surface area contributed by atoms with Crippen molar-refractivity contribution in [2.24, 2.45) is 5.73 Å². The summed E-state index contributed by atoms with van der Waals surface area (Å²) in [7, 11) is 1.33. The molecule has 0 bridgehead atoms. The molecule has 0 spiro atoms. The van der Waals surface area contributed by atoms with Gasteiger partial charge in [-0.05, 0) is 36.4 Å². The lowest BCUT2D eigenvalue weighted by Crippen LogP contribution is -2.15. The largest absolute Gasteiger partial charge is 0.493 e. The van der Waals surface area contributed by atoms with E-state index in [0.717, 1.165) is 12.1 Å². The predicted octanol–water partition coefficient (Wildman–Crippen LogP) is 3.42. The maximum atomic E-state index is 12.7. The Morgan fingerprint density at radius 3 is 2.29 bits per heavy atom. The van der Waals surface area contributed by atoms with Crippen LogP contribution < -0.4 is 15.2 Å². The molecule has 0 heterocycles. The van der Waals surface area contributed by atoms with Crippen molar-refractivity contribution in [2.75, 3.05) is 7.11 Å². The smallest absolute Gasteiger partial charge is 0.416 e. The average Bonchev–Trinajstić information content (AvgIpc) is 2.54. The summed E-state index contributed by atoms with van der Waals surface area (Å²) in [5.41, 5.74) is 4.01. The molecule has 5 nitrogen and oxygen atoms in total. The summed E-state index contributed by atoms with van der Waals surface area (Å²) in [5, 5.41) is 0. The Labute approximate surface area is 134 Å². The number of nitrogens with two attached hydrogens (primary N) is 1. The summed E-state index contributed by atoms with van der Waals surface area (Å²) in [5.74, 6) is -0.937. The molecule has 126 valence electrons. The number of primary amides is 1. The number of benzene rings is 2.